The third kappa shape index (κ3) is 9.13. The quantitative estimate of drug-likeness (QED) is 0.283. The van der Waals surface area contributed by atoms with E-state index in [0.29, 0.717) is 32.5 Å². The van der Waals surface area contributed by atoms with Crippen LogP contribution in [0.5, 0.6) is 0 Å². The summed E-state index contributed by atoms with van der Waals surface area (Å²) in [5.74, 6) is -0.0973. The number of sulfone groups is 1. The number of benzene rings is 2. The highest BCUT2D eigenvalue weighted by Gasteiger charge is 2.54. The minimum absolute atomic E-state index is 0.00165. The number of halogens is 2. The number of carbonyl (C=O) groups excluding carboxylic acids is 2. The third-order valence-electron chi connectivity index (χ3n) is 13.6. The number of amides is 2. The fourth-order valence-corrected chi connectivity index (χ4v) is 12.3. The lowest BCUT2D eigenvalue weighted by molar-refractivity contribution is -0.136. The highest BCUT2D eigenvalue weighted by atomic mass is 32.2. The lowest BCUT2D eigenvalue weighted by Gasteiger charge is -2.54. The molecule has 314 valence electrons. The summed E-state index contributed by atoms with van der Waals surface area (Å²) in [5.41, 5.74) is -1.12. The van der Waals surface area contributed by atoms with Crippen LogP contribution in [-0.4, -0.2) is 135 Å². The van der Waals surface area contributed by atoms with Crippen molar-refractivity contribution in [3.63, 3.8) is 0 Å². The fourth-order valence-electron chi connectivity index (χ4n) is 10.6. The Hall–Kier alpha value is -3.33. The van der Waals surface area contributed by atoms with E-state index >= 15 is 8.78 Å². The van der Waals surface area contributed by atoms with Crippen molar-refractivity contribution >= 4 is 27.5 Å². The molecule has 57 heavy (non-hydrogen) atoms. The van der Waals surface area contributed by atoms with Crippen molar-refractivity contribution in [2.75, 3.05) is 77.5 Å². The molecule has 4 aliphatic heterocycles. The number of ether oxygens (including phenoxy) is 1. The fraction of sp³-hybridized carbons (Fsp3) is 0.674. The van der Waals surface area contributed by atoms with Crippen molar-refractivity contribution in [2.45, 2.75) is 105 Å². The first-order valence-electron chi connectivity index (χ1n) is 20.9. The molecule has 4 saturated heterocycles. The molecule has 2 aromatic rings. The average molecular weight is 814 g/mol. The van der Waals surface area contributed by atoms with Crippen LogP contribution < -0.4 is 10.2 Å². The summed E-state index contributed by atoms with van der Waals surface area (Å²) in [7, 11) is -2.22. The molecule has 0 radical (unpaired) electrons. The number of piperidine rings is 2. The molecular weight excluding hydrogens is 753 g/mol. The Morgan fingerprint density at radius 1 is 0.912 bits per heavy atom. The number of hydrogen-bond donors (Lipinski definition) is 2. The third-order valence-corrected chi connectivity index (χ3v) is 15.9. The summed E-state index contributed by atoms with van der Waals surface area (Å²) < 4.78 is 63.4. The van der Waals surface area contributed by atoms with E-state index in [1.54, 1.807) is 55.1 Å². The summed E-state index contributed by atoms with van der Waals surface area (Å²) in [5, 5.41) is 12.6. The zero-order chi connectivity index (χ0) is 40.6. The van der Waals surface area contributed by atoms with E-state index < -0.39 is 32.5 Å². The van der Waals surface area contributed by atoms with Gasteiger partial charge in [0.1, 0.15) is 5.82 Å². The van der Waals surface area contributed by atoms with Crippen molar-refractivity contribution < 1.29 is 36.6 Å². The first kappa shape index (κ1) is 41.8. The van der Waals surface area contributed by atoms with Gasteiger partial charge in [-0.05, 0) is 139 Å². The molecule has 14 heteroatoms. The minimum Gasteiger partial charge on any atom is -0.453 e. The van der Waals surface area contributed by atoms with E-state index in [1.807, 2.05) is 4.90 Å². The van der Waals surface area contributed by atoms with Gasteiger partial charge in [-0.2, -0.15) is 0 Å². The smallest absolute Gasteiger partial charge is 0.407 e. The second kappa shape index (κ2) is 16.7. The largest absolute Gasteiger partial charge is 0.453 e. The van der Waals surface area contributed by atoms with Gasteiger partial charge in [0.2, 0.25) is 5.91 Å². The maximum Gasteiger partial charge on any atom is 0.407 e. The Kier molecular flexibility index (Phi) is 12.3. The summed E-state index contributed by atoms with van der Waals surface area (Å²) in [6.45, 7) is 8.88. The minimum atomic E-state index is -3.61. The standard InChI is InChI=1S/C43H61F2N5O6S/c1-41(2,53)26-39(51)49-23-17-36(18-24-49)57(54,55)35-13-11-34(12-14-35)50-28-42(45,29-50)27-48-21-15-31(16-22-48)43(30-47-19-6-20-47,32-7-4-8-33(44)25-32)37-9-5-10-38(37)46-40(52)56-3/h4,7-8,11-14,25,31,36-38,53H,5-6,9-10,15-24,26-30H2,1-3H3,(H,46,52)/t37-,38-,43-/m0/s1. The monoisotopic (exact) mass is 813 g/mol. The van der Waals surface area contributed by atoms with Gasteiger partial charge < -0.3 is 29.9 Å². The Morgan fingerprint density at radius 3 is 2.19 bits per heavy atom. The molecule has 11 nitrogen and oxygen atoms in total. The van der Waals surface area contributed by atoms with Crippen LogP contribution >= 0.6 is 0 Å². The van der Waals surface area contributed by atoms with Crippen LogP contribution in [-0.2, 0) is 24.8 Å². The number of alkyl halides is 1. The molecule has 2 amide bonds. The molecule has 0 spiro atoms. The zero-order valence-corrected chi connectivity index (χ0v) is 34.6. The number of rotatable bonds is 13. The van der Waals surface area contributed by atoms with Gasteiger partial charge in [-0.15, -0.1) is 0 Å². The number of aliphatic hydroxyl groups is 1. The highest BCUT2D eigenvalue weighted by Crippen LogP contribution is 2.52. The Balaban J connectivity index is 0.967. The van der Waals surface area contributed by atoms with Gasteiger partial charge in [0.05, 0.1) is 42.4 Å². The zero-order valence-electron chi connectivity index (χ0n) is 33.8. The van der Waals surface area contributed by atoms with E-state index in [0.717, 1.165) is 82.5 Å². The predicted molar refractivity (Wildman–Crippen MR) is 215 cm³/mol. The predicted octanol–water partition coefficient (Wildman–Crippen LogP) is 5.16. The van der Waals surface area contributed by atoms with Crippen LogP contribution in [0.2, 0.25) is 0 Å². The molecular formula is C43H61F2N5O6S. The molecule has 5 fully saturated rings. The van der Waals surface area contributed by atoms with Gasteiger partial charge in [-0.1, -0.05) is 18.6 Å². The Bertz CT molecular complexity index is 1830. The highest BCUT2D eigenvalue weighted by molar-refractivity contribution is 7.92. The van der Waals surface area contributed by atoms with E-state index in [2.05, 4.69) is 21.2 Å². The molecule has 2 aromatic carbocycles. The molecule has 4 heterocycles. The van der Waals surface area contributed by atoms with Crippen LogP contribution in [0.1, 0.15) is 77.2 Å². The Morgan fingerprint density at radius 2 is 1.60 bits per heavy atom. The first-order chi connectivity index (χ1) is 27.1. The molecule has 0 bridgehead atoms. The van der Waals surface area contributed by atoms with Gasteiger partial charge >= 0.3 is 6.09 Å². The Labute approximate surface area is 337 Å². The number of hydrogen-bond acceptors (Lipinski definition) is 9. The number of nitrogens with one attached hydrogen (secondary N) is 1. The molecule has 0 aromatic heterocycles. The van der Waals surface area contributed by atoms with Crippen molar-refractivity contribution in [1.82, 2.24) is 20.0 Å². The average Bonchev–Trinajstić information content (AvgIpc) is 3.61. The second-order valence-electron chi connectivity index (χ2n) is 18.1. The first-order valence-corrected chi connectivity index (χ1v) is 22.5. The maximum absolute atomic E-state index is 16.3. The molecule has 7 rings (SSSR count). The lowest BCUT2D eigenvalue weighted by Crippen LogP contribution is -2.65. The summed E-state index contributed by atoms with van der Waals surface area (Å²) in [4.78, 5) is 33.5. The van der Waals surface area contributed by atoms with E-state index in [9.17, 15) is 23.1 Å². The van der Waals surface area contributed by atoms with E-state index in [4.69, 9.17) is 4.74 Å². The van der Waals surface area contributed by atoms with E-state index in [1.165, 1.54) is 13.2 Å². The maximum atomic E-state index is 16.3. The molecule has 1 aliphatic carbocycles. The van der Waals surface area contributed by atoms with Crippen LogP contribution in [0, 0.1) is 17.7 Å². The molecule has 1 saturated carbocycles. The van der Waals surface area contributed by atoms with Crippen molar-refractivity contribution in [3.05, 3.63) is 59.9 Å². The normalized spacial score (nSPS) is 25.0. The molecule has 0 unspecified atom stereocenters. The van der Waals surface area contributed by atoms with Gasteiger partial charge in [-0.3, -0.25) is 9.69 Å². The molecule has 5 aliphatic rings. The van der Waals surface area contributed by atoms with Gasteiger partial charge in [0.25, 0.3) is 0 Å². The summed E-state index contributed by atoms with van der Waals surface area (Å²) in [6, 6.07) is 13.7. The van der Waals surface area contributed by atoms with Crippen molar-refractivity contribution in [1.29, 1.82) is 0 Å². The van der Waals surface area contributed by atoms with Gasteiger partial charge in [0, 0.05) is 43.3 Å². The lowest BCUT2D eigenvalue weighted by atomic mass is 9.57. The number of anilines is 1. The van der Waals surface area contributed by atoms with Crippen LogP contribution in [0.3, 0.4) is 0 Å². The van der Waals surface area contributed by atoms with Crippen molar-refractivity contribution in [3.8, 4) is 0 Å². The topological polar surface area (TPSA) is 123 Å². The summed E-state index contributed by atoms with van der Waals surface area (Å²) in [6.07, 6.45) is 5.83. The van der Waals surface area contributed by atoms with Crippen LogP contribution in [0.15, 0.2) is 53.4 Å². The second-order valence-corrected chi connectivity index (χ2v) is 20.4. The number of alkyl carbamates (subject to hydrolysis) is 1. The van der Waals surface area contributed by atoms with Crippen LogP contribution in [0.25, 0.3) is 0 Å². The molecule has 3 atom stereocenters. The number of methoxy groups -OCH3 is 1. The number of carbonyl (C=O) groups is 2. The number of likely N-dealkylation sites (tertiary alicyclic amines) is 3. The number of nitrogens with zero attached hydrogens (tertiary/aromatic N) is 4. The SMILES string of the molecule is COC(=O)N[C@H]1CCC[C@@H]1[C@](CN1CCC1)(c1cccc(F)c1)C1CCN(CC2(F)CN(c3ccc(S(=O)(=O)C4CCN(C(=O)CC(C)(C)O)CC4)cc3)C2)CC1. The summed E-state index contributed by atoms with van der Waals surface area (Å²) >= 11 is 0. The van der Waals surface area contributed by atoms with Crippen LogP contribution in [0.4, 0.5) is 19.3 Å². The van der Waals surface area contributed by atoms with Crippen molar-refractivity contribution in [2.24, 2.45) is 11.8 Å². The van der Waals surface area contributed by atoms with Gasteiger partial charge in [-0.25, -0.2) is 22.0 Å². The molecule has 2 N–H and O–H groups in total. The van der Waals surface area contributed by atoms with E-state index in [-0.39, 0.29) is 59.4 Å². The van der Waals surface area contributed by atoms with Gasteiger partial charge in [0.15, 0.2) is 15.5 Å².